The number of anilines is 1. The molecular weight excluding hydrogens is 329 g/mol. The van der Waals surface area contributed by atoms with Crippen LogP contribution in [0.15, 0.2) is 42.5 Å². The Hall–Kier alpha value is -1.38. The lowest BCUT2D eigenvalue weighted by Gasteiger charge is -2.23. The van der Waals surface area contributed by atoms with Gasteiger partial charge in [-0.25, -0.2) is 0 Å². The summed E-state index contributed by atoms with van der Waals surface area (Å²) < 4.78 is 5.76. The molecule has 0 heterocycles. The molecule has 0 fully saturated rings. The third-order valence-electron chi connectivity index (χ3n) is 4.14. The third kappa shape index (κ3) is 5.05. The van der Waals surface area contributed by atoms with Crippen LogP contribution in [-0.4, -0.2) is 13.2 Å². The van der Waals surface area contributed by atoms with Crippen molar-refractivity contribution in [1.29, 1.82) is 0 Å². The Balaban J connectivity index is 1.81. The van der Waals surface area contributed by atoms with Crippen molar-refractivity contribution in [2.24, 2.45) is 0 Å². The zero-order valence-electron chi connectivity index (χ0n) is 13.8. The molecule has 2 nitrogen and oxygen atoms in total. The number of nitrogens with one attached hydrogen (secondary N) is 1. The Morgan fingerprint density at radius 1 is 1.00 bits per heavy atom. The number of benzene rings is 2. The van der Waals surface area contributed by atoms with Gasteiger partial charge in [0.25, 0.3) is 0 Å². The SMILES string of the molecule is CCC(C)(C)c1ccc(OCCNc2ccc(Cl)c(Cl)c2)cc1. The molecule has 0 saturated carbocycles. The average Bonchev–Trinajstić information content (AvgIpc) is 2.55. The summed E-state index contributed by atoms with van der Waals surface area (Å²) in [6, 6.07) is 13.8. The van der Waals surface area contributed by atoms with E-state index in [-0.39, 0.29) is 5.41 Å². The minimum Gasteiger partial charge on any atom is -0.492 e. The van der Waals surface area contributed by atoms with Crippen molar-refractivity contribution in [2.45, 2.75) is 32.6 Å². The molecule has 0 aliphatic carbocycles. The number of hydrogen-bond donors (Lipinski definition) is 1. The second-order valence-corrected chi connectivity index (χ2v) is 6.98. The monoisotopic (exact) mass is 351 g/mol. The van der Waals surface area contributed by atoms with Gasteiger partial charge in [0.15, 0.2) is 0 Å². The second-order valence-electron chi connectivity index (χ2n) is 6.17. The first kappa shape index (κ1) is 18.0. The number of halogens is 2. The Morgan fingerprint density at radius 2 is 1.70 bits per heavy atom. The highest BCUT2D eigenvalue weighted by Crippen LogP contribution is 2.28. The van der Waals surface area contributed by atoms with Crippen LogP contribution in [0.4, 0.5) is 5.69 Å². The van der Waals surface area contributed by atoms with Crippen LogP contribution in [0, 0.1) is 0 Å². The fraction of sp³-hybridized carbons (Fsp3) is 0.368. The first-order valence-corrected chi connectivity index (χ1v) is 8.60. The molecule has 0 amide bonds. The van der Waals surface area contributed by atoms with E-state index in [4.69, 9.17) is 27.9 Å². The minimum absolute atomic E-state index is 0.202. The minimum atomic E-state index is 0.202. The van der Waals surface area contributed by atoms with Crippen molar-refractivity contribution in [3.05, 3.63) is 58.1 Å². The molecule has 0 bridgehead atoms. The Labute approximate surface area is 148 Å². The highest BCUT2D eigenvalue weighted by molar-refractivity contribution is 6.42. The van der Waals surface area contributed by atoms with Crippen molar-refractivity contribution in [2.75, 3.05) is 18.5 Å². The first-order valence-electron chi connectivity index (χ1n) is 7.84. The van der Waals surface area contributed by atoms with Crippen molar-refractivity contribution in [3.8, 4) is 5.75 Å². The average molecular weight is 352 g/mol. The zero-order valence-corrected chi connectivity index (χ0v) is 15.3. The van der Waals surface area contributed by atoms with E-state index in [1.54, 1.807) is 6.07 Å². The van der Waals surface area contributed by atoms with E-state index in [1.807, 2.05) is 24.3 Å². The summed E-state index contributed by atoms with van der Waals surface area (Å²) >= 11 is 11.9. The van der Waals surface area contributed by atoms with Crippen LogP contribution >= 0.6 is 23.2 Å². The van der Waals surface area contributed by atoms with E-state index < -0.39 is 0 Å². The van der Waals surface area contributed by atoms with Crippen molar-refractivity contribution < 1.29 is 4.74 Å². The lowest BCUT2D eigenvalue weighted by atomic mass is 9.82. The van der Waals surface area contributed by atoms with Crippen LogP contribution in [0.1, 0.15) is 32.8 Å². The molecule has 4 heteroatoms. The zero-order chi connectivity index (χ0) is 16.9. The van der Waals surface area contributed by atoms with Crippen LogP contribution < -0.4 is 10.1 Å². The molecule has 0 saturated heterocycles. The lowest BCUT2D eigenvalue weighted by molar-refractivity contribution is 0.332. The maximum atomic E-state index is 5.98. The largest absolute Gasteiger partial charge is 0.492 e. The molecule has 0 unspecified atom stereocenters. The van der Waals surface area contributed by atoms with E-state index >= 15 is 0 Å². The van der Waals surface area contributed by atoms with Crippen LogP contribution in [0.3, 0.4) is 0 Å². The summed E-state index contributed by atoms with van der Waals surface area (Å²) in [7, 11) is 0. The topological polar surface area (TPSA) is 21.3 Å². The van der Waals surface area contributed by atoms with Crippen LogP contribution in [-0.2, 0) is 5.41 Å². The van der Waals surface area contributed by atoms with Crippen molar-refractivity contribution >= 4 is 28.9 Å². The van der Waals surface area contributed by atoms with Gasteiger partial charge in [-0.05, 0) is 47.7 Å². The lowest BCUT2D eigenvalue weighted by Crippen LogP contribution is -2.15. The molecule has 0 aliphatic rings. The summed E-state index contributed by atoms with van der Waals surface area (Å²) in [5.74, 6) is 0.886. The molecule has 23 heavy (non-hydrogen) atoms. The molecule has 0 spiro atoms. The van der Waals surface area contributed by atoms with Gasteiger partial charge < -0.3 is 10.1 Å². The summed E-state index contributed by atoms with van der Waals surface area (Å²) in [6.45, 7) is 7.99. The number of hydrogen-bond acceptors (Lipinski definition) is 2. The Morgan fingerprint density at radius 3 is 2.30 bits per heavy atom. The van der Waals surface area contributed by atoms with E-state index in [2.05, 4.69) is 38.2 Å². The van der Waals surface area contributed by atoms with Gasteiger partial charge in [-0.1, -0.05) is 56.1 Å². The highest BCUT2D eigenvalue weighted by atomic mass is 35.5. The van der Waals surface area contributed by atoms with Crippen LogP contribution in [0.5, 0.6) is 5.75 Å². The highest BCUT2D eigenvalue weighted by Gasteiger charge is 2.17. The summed E-state index contributed by atoms with van der Waals surface area (Å²) in [6.07, 6.45) is 1.11. The number of ether oxygens (including phenoxy) is 1. The normalized spacial score (nSPS) is 11.3. The summed E-state index contributed by atoms with van der Waals surface area (Å²) in [5.41, 5.74) is 2.47. The Kier molecular flexibility index (Phi) is 6.20. The van der Waals surface area contributed by atoms with Crippen LogP contribution in [0.25, 0.3) is 0 Å². The maximum absolute atomic E-state index is 5.98. The fourth-order valence-corrected chi connectivity index (χ4v) is 2.47. The predicted molar refractivity (Wildman–Crippen MR) is 100 cm³/mol. The maximum Gasteiger partial charge on any atom is 0.119 e. The molecule has 0 aliphatic heterocycles. The summed E-state index contributed by atoms with van der Waals surface area (Å²) in [4.78, 5) is 0. The molecule has 2 aromatic rings. The van der Waals surface area contributed by atoms with Crippen molar-refractivity contribution in [1.82, 2.24) is 0 Å². The fourth-order valence-electron chi connectivity index (χ4n) is 2.18. The smallest absolute Gasteiger partial charge is 0.119 e. The van der Waals surface area contributed by atoms with Crippen LogP contribution in [0.2, 0.25) is 10.0 Å². The quantitative estimate of drug-likeness (QED) is 0.602. The van der Waals surface area contributed by atoms with Gasteiger partial charge in [-0.3, -0.25) is 0 Å². The van der Waals surface area contributed by atoms with E-state index in [0.29, 0.717) is 23.2 Å². The van der Waals surface area contributed by atoms with E-state index in [0.717, 1.165) is 17.9 Å². The third-order valence-corrected chi connectivity index (χ3v) is 4.88. The number of rotatable bonds is 7. The molecule has 0 radical (unpaired) electrons. The Bertz CT molecular complexity index is 638. The molecule has 0 atom stereocenters. The van der Waals surface area contributed by atoms with Gasteiger partial charge in [0, 0.05) is 12.2 Å². The van der Waals surface area contributed by atoms with E-state index in [9.17, 15) is 0 Å². The molecular formula is C19H23Cl2NO. The van der Waals surface area contributed by atoms with Crippen molar-refractivity contribution in [3.63, 3.8) is 0 Å². The summed E-state index contributed by atoms with van der Waals surface area (Å²) in [5, 5.41) is 4.37. The first-order chi connectivity index (χ1) is 10.9. The van der Waals surface area contributed by atoms with E-state index in [1.165, 1.54) is 5.56 Å². The molecule has 124 valence electrons. The molecule has 0 aromatic heterocycles. The van der Waals surface area contributed by atoms with Gasteiger partial charge in [0.1, 0.15) is 12.4 Å². The molecule has 2 aromatic carbocycles. The standard InChI is InChI=1S/C19H23Cl2NO/c1-4-19(2,3)14-5-8-16(9-6-14)23-12-11-22-15-7-10-17(20)18(21)13-15/h5-10,13,22H,4,11-12H2,1-3H3. The van der Waals surface area contributed by atoms with Gasteiger partial charge in [0.05, 0.1) is 10.0 Å². The van der Waals surface area contributed by atoms with Gasteiger partial charge in [-0.15, -0.1) is 0 Å². The van der Waals surface area contributed by atoms with Gasteiger partial charge >= 0.3 is 0 Å². The van der Waals surface area contributed by atoms with Gasteiger partial charge in [0.2, 0.25) is 0 Å². The second kappa shape index (κ2) is 7.94. The molecule has 1 N–H and O–H groups in total. The predicted octanol–water partition coefficient (Wildman–Crippen LogP) is 6.17. The van der Waals surface area contributed by atoms with Gasteiger partial charge in [-0.2, -0.15) is 0 Å². The molecule has 2 rings (SSSR count).